The summed E-state index contributed by atoms with van der Waals surface area (Å²) in [5.41, 5.74) is 0.797. The molecule has 1 saturated carbocycles. The molecule has 1 heterocycles. The first-order chi connectivity index (χ1) is 12.5. The fourth-order valence-electron chi connectivity index (χ4n) is 2.53. The number of carboxylic acids is 1. The Labute approximate surface area is 155 Å². The largest absolute Gasteiger partial charge is 0.480 e. The zero-order valence-corrected chi connectivity index (χ0v) is 14.9. The van der Waals surface area contributed by atoms with Gasteiger partial charge in [0.25, 0.3) is 0 Å². The van der Waals surface area contributed by atoms with Crippen LogP contribution < -0.4 is 5.32 Å². The van der Waals surface area contributed by atoms with Crippen LogP contribution in [0.5, 0.6) is 0 Å². The van der Waals surface area contributed by atoms with Crippen LogP contribution in [-0.4, -0.2) is 40.2 Å². The normalized spacial score (nSPS) is 14.5. The van der Waals surface area contributed by atoms with E-state index in [1.165, 1.54) is 7.11 Å². The average Bonchev–Trinajstić information content (AvgIpc) is 3.48. The number of esters is 1. The number of carbonyl (C=O) groups is 2. The summed E-state index contributed by atoms with van der Waals surface area (Å²) in [7, 11) is 1.24. The van der Waals surface area contributed by atoms with Crippen LogP contribution in [0.25, 0.3) is 0 Å². The van der Waals surface area contributed by atoms with E-state index in [4.69, 9.17) is 16.3 Å². The summed E-state index contributed by atoms with van der Waals surface area (Å²) in [6, 6.07) is 8.27. The maximum atomic E-state index is 12.0. The molecule has 26 heavy (non-hydrogen) atoms. The number of ether oxygens (including phenoxy) is 1. The summed E-state index contributed by atoms with van der Waals surface area (Å²) in [6.07, 6.45) is 2.09. The maximum absolute atomic E-state index is 12.0. The minimum atomic E-state index is -1.05. The van der Waals surface area contributed by atoms with E-state index in [1.54, 1.807) is 0 Å². The van der Waals surface area contributed by atoms with E-state index in [2.05, 4.69) is 15.3 Å². The number of carboxylic acid groups (broad SMARTS) is 1. The van der Waals surface area contributed by atoms with E-state index in [-0.39, 0.29) is 28.9 Å². The Morgan fingerprint density at radius 1 is 1.31 bits per heavy atom. The molecule has 7 nitrogen and oxygen atoms in total. The van der Waals surface area contributed by atoms with Crippen molar-refractivity contribution >= 4 is 29.4 Å². The number of aromatic nitrogens is 2. The average molecular weight is 376 g/mol. The second-order valence-electron chi connectivity index (χ2n) is 6.08. The Balaban J connectivity index is 1.92. The predicted molar refractivity (Wildman–Crippen MR) is 95.5 cm³/mol. The molecule has 0 aliphatic heterocycles. The molecule has 1 unspecified atom stereocenters. The van der Waals surface area contributed by atoms with Crippen molar-refractivity contribution in [3.8, 4) is 0 Å². The van der Waals surface area contributed by atoms with Gasteiger partial charge in [0.05, 0.1) is 7.11 Å². The number of aliphatic carboxylic acids is 1. The molecule has 0 saturated heterocycles. The Morgan fingerprint density at radius 2 is 2.00 bits per heavy atom. The molecule has 1 fully saturated rings. The van der Waals surface area contributed by atoms with Crippen molar-refractivity contribution in [2.45, 2.75) is 31.2 Å². The summed E-state index contributed by atoms with van der Waals surface area (Å²) >= 11 is 6.25. The van der Waals surface area contributed by atoms with Crippen LogP contribution in [0.15, 0.2) is 30.3 Å². The lowest BCUT2D eigenvalue weighted by Crippen LogP contribution is -2.32. The highest BCUT2D eigenvalue weighted by molar-refractivity contribution is 6.35. The molecule has 2 N–H and O–H groups in total. The van der Waals surface area contributed by atoms with Crippen molar-refractivity contribution in [2.24, 2.45) is 0 Å². The lowest BCUT2D eigenvalue weighted by Gasteiger charge is -2.17. The van der Waals surface area contributed by atoms with Gasteiger partial charge in [-0.25, -0.2) is 19.6 Å². The first-order valence-corrected chi connectivity index (χ1v) is 8.56. The van der Waals surface area contributed by atoms with Gasteiger partial charge < -0.3 is 15.2 Å². The fraction of sp³-hybridized carbons (Fsp3) is 0.333. The van der Waals surface area contributed by atoms with E-state index in [1.807, 2.05) is 30.3 Å². The quantitative estimate of drug-likeness (QED) is 0.717. The van der Waals surface area contributed by atoms with E-state index in [9.17, 15) is 14.7 Å². The summed E-state index contributed by atoms with van der Waals surface area (Å²) in [6.45, 7) is 0. The molecular formula is C18H18ClN3O4. The number of methoxy groups -OCH3 is 1. The van der Waals surface area contributed by atoms with Crippen molar-refractivity contribution in [3.05, 3.63) is 52.4 Å². The van der Waals surface area contributed by atoms with Crippen molar-refractivity contribution in [3.63, 3.8) is 0 Å². The molecular weight excluding hydrogens is 358 g/mol. The first kappa shape index (κ1) is 18.1. The van der Waals surface area contributed by atoms with Crippen molar-refractivity contribution in [2.75, 3.05) is 12.4 Å². The summed E-state index contributed by atoms with van der Waals surface area (Å²) in [4.78, 5) is 32.2. The van der Waals surface area contributed by atoms with Gasteiger partial charge in [0.1, 0.15) is 22.7 Å². The SMILES string of the molecule is COC(=O)c1nc(C2CC2)nc(NC(Cc2ccccc2)C(=O)O)c1Cl. The van der Waals surface area contributed by atoms with Gasteiger partial charge in [0.2, 0.25) is 0 Å². The molecule has 136 valence electrons. The lowest BCUT2D eigenvalue weighted by atomic mass is 10.1. The lowest BCUT2D eigenvalue weighted by molar-refractivity contribution is -0.137. The van der Waals surface area contributed by atoms with Crippen LogP contribution in [0.1, 0.15) is 40.6 Å². The second-order valence-corrected chi connectivity index (χ2v) is 6.46. The topological polar surface area (TPSA) is 101 Å². The van der Waals surface area contributed by atoms with E-state index in [0.717, 1.165) is 18.4 Å². The third-order valence-electron chi connectivity index (χ3n) is 4.08. The second kappa shape index (κ2) is 7.70. The minimum Gasteiger partial charge on any atom is -0.480 e. The number of halogens is 1. The molecule has 3 rings (SSSR count). The Hall–Kier alpha value is -2.67. The number of nitrogens with zero attached hydrogens (tertiary/aromatic N) is 2. The summed E-state index contributed by atoms with van der Waals surface area (Å²) in [5.74, 6) is -0.963. The number of hydrogen-bond donors (Lipinski definition) is 2. The van der Waals surface area contributed by atoms with Crippen LogP contribution in [0.4, 0.5) is 5.82 Å². The number of hydrogen-bond acceptors (Lipinski definition) is 6. The van der Waals surface area contributed by atoms with Crippen molar-refractivity contribution in [1.82, 2.24) is 9.97 Å². The van der Waals surface area contributed by atoms with Gasteiger partial charge in [-0.15, -0.1) is 0 Å². The minimum absolute atomic E-state index is 0.0411. The number of benzene rings is 1. The molecule has 8 heteroatoms. The summed E-state index contributed by atoms with van der Waals surface area (Å²) < 4.78 is 4.72. The van der Waals surface area contributed by atoms with Crippen LogP contribution in [0.2, 0.25) is 5.02 Å². The molecule has 1 aliphatic carbocycles. The number of anilines is 1. The third-order valence-corrected chi connectivity index (χ3v) is 4.44. The molecule has 0 spiro atoms. The van der Waals surface area contributed by atoms with E-state index in [0.29, 0.717) is 5.82 Å². The maximum Gasteiger partial charge on any atom is 0.358 e. The highest BCUT2D eigenvalue weighted by atomic mass is 35.5. The molecule has 1 aromatic carbocycles. The predicted octanol–water partition coefficient (Wildman–Crippen LogP) is 2.90. The monoisotopic (exact) mass is 375 g/mol. The zero-order valence-electron chi connectivity index (χ0n) is 14.1. The van der Waals surface area contributed by atoms with Gasteiger partial charge in [-0.2, -0.15) is 0 Å². The number of rotatable bonds is 7. The zero-order chi connectivity index (χ0) is 18.7. The Kier molecular flexibility index (Phi) is 5.37. The van der Waals surface area contributed by atoms with Gasteiger partial charge in [-0.3, -0.25) is 0 Å². The van der Waals surface area contributed by atoms with Gasteiger partial charge >= 0.3 is 11.9 Å². The Bertz CT molecular complexity index is 825. The third kappa shape index (κ3) is 4.11. The molecule has 1 aromatic heterocycles. The first-order valence-electron chi connectivity index (χ1n) is 8.18. The van der Waals surface area contributed by atoms with Crippen LogP contribution in [0.3, 0.4) is 0 Å². The van der Waals surface area contributed by atoms with Gasteiger partial charge in [-0.1, -0.05) is 41.9 Å². The highest BCUT2D eigenvalue weighted by Crippen LogP contribution is 2.39. The van der Waals surface area contributed by atoms with Crippen LogP contribution in [-0.2, 0) is 16.0 Å². The van der Waals surface area contributed by atoms with Crippen molar-refractivity contribution in [1.29, 1.82) is 0 Å². The highest BCUT2D eigenvalue weighted by Gasteiger charge is 2.31. The fourth-order valence-corrected chi connectivity index (χ4v) is 2.75. The molecule has 1 atom stereocenters. The molecule has 0 bridgehead atoms. The smallest absolute Gasteiger partial charge is 0.358 e. The molecule has 2 aromatic rings. The molecule has 0 radical (unpaired) electrons. The van der Waals surface area contributed by atoms with E-state index >= 15 is 0 Å². The standard InChI is InChI=1S/C18H18ClN3O4/c1-26-18(25)14-13(19)16(22-15(21-14)11-7-8-11)20-12(17(23)24)9-10-5-3-2-4-6-10/h2-6,11-12H,7-9H2,1H3,(H,23,24)(H,20,21,22). The summed E-state index contributed by atoms with van der Waals surface area (Å²) in [5, 5.41) is 12.4. The van der Waals surface area contributed by atoms with Gasteiger partial charge in [0.15, 0.2) is 5.69 Å². The number of nitrogens with one attached hydrogen (secondary N) is 1. The molecule has 0 amide bonds. The Morgan fingerprint density at radius 3 is 2.58 bits per heavy atom. The van der Waals surface area contributed by atoms with Crippen LogP contribution in [0, 0.1) is 0 Å². The molecule has 1 aliphatic rings. The van der Waals surface area contributed by atoms with Crippen LogP contribution >= 0.6 is 11.6 Å². The van der Waals surface area contributed by atoms with Gasteiger partial charge in [0, 0.05) is 12.3 Å². The van der Waals surface area contributed by atoms with Crippen molar-refractivity contribution < 1.29 is 19.4 Å². The van der Waals surface area contributed by atoms with E-state index < -0.39 is 18.0 Å². The van der Waals surface area contributed by atoms with Gasteiger partial charge in [-0.05, 0) is 18.4 Å². The number of carbonyl (C=O) groups excluding carboxylic acids is 1.